The smallest absolute Gasteiger partial charge is 0.242 e. The Bertz CT molecular complexity index is 512. The van der Waals surface area contributed by atoms with Gasteiger partial charge in [0.25, 0.3) is 0 Å². The van der Waals surface area contributed by atoms with Gasteiger partial charge in [-0.05, 0) is 39.7 Å². The van der Waals surface area contributed by atoms with Crippen molar-refractivity contribution in [1.29, 1.82) is 0 Å². The normalized spacial score (nSPS) is 18.0. The predicted molar refractivity (Wildman–Crippen MR) is 92.9 cm³/mol. The lowest BCUT2D eigenvalue weighted by Gasteiger charge is -2.39. The number of aromatic nitrogens is 1. The standard InChI is InChI=1S/C17H30N4O3/c1-4-15(17(23)18-16-12-13(2)24-19-16)21-9-6-14(7-10-21)20(3)8-5-11-22/h12,14-15,22H,4-11H2,1-3H3,(H,18,19,23). The highest BCUT2D eigenvalue weighted by molar-refractivity contribution is 5.93. The van der Waals surface area contributed by atoms with Crippen LogP contribution in [0.15, 0.2) is 10.6 Å². The summed E-state index contributed by atoms with van der Waals surface area (Å²) in [6, 6.07) is 2.13. The molecule has 0 saturated carbocycles. The summed E-state index contributed by atoms with van der Waals surface area (Å²) in [5, 5.41) is 15.6. The summed E-state index contributed by atoms with van der Waals surface area (Å²) < 4.78 is 5.00. The summed E-state index contributed by atoms with van der Waals surface area (Å²) in [5.74, 6) is 1.15. The van der Waals surface area contributed by atoms with Crippen LogP contribution < -0.4 is 5.32 Å². The number of hydrogen-bond acceptors (Lipinski definition) is 6. The number of aliphatic hydroxyl groups is 1. The van der Waals surface area contributed by atoms with Gasteiger partial charge in [0, 0.05) is 38.3 Å². The maximum atomic E-state index is 12.5. The van der Waals surface area contributed by atoms with Gasteiger partial charge in [-0.25, -0.2) is 0 Å². The number of hydrogen-bond donors (Lipinski definition) is 2. The van der Waals surface area contributed by atoms with Gasteiger partial charge in [-0.1, -0.05) is 12.1 Å². The Morgan fingerprint density at radius 2 is 2.25 bits per heavy atom. The molecule has 7 heteroatoms. The Kier molecular flexibility index (Phi) is 7.20. The summed E-state index contributed by atoms with van der Waals surface area (Å²) in [5.41, 5.74) is 0. The number of carbonyl (C=O) groups excluding carboxylic acids is 1. The van der Waals surface area contributed by atoms with Crippen molar-refractivity contribution in [3.63, 3.8) is 0 Å². The first-order valence-corrected chi connectivity index (χ1v) is 8.84. The van der Waals surface area contributed by atoms with Crippen molar-refractivity contribution in [3.8, 4) is 0 Å². The monoisotopic (exact) mass is 338 g/mol. The van der Waals surface area contributed by atoms with Gasteiger partial charge in [-0.2, -0.15) is 0 Å². The zero-order valence-electron chi connectivity index (χ0n) is 15.0. The third kappa shape index (κ3) is 5.03. The number of nitrogens with zero attached hydrogens (tertiary/aromatic N) is 3. The maximum absolute atomic E-state index is 12.5. The third-order valence-electron chi connectivity index (χ3n) is 4.80. The number of aryl methyl sites for hydroxylation is 1. The fourth-order valence-electron chi connectivity index (χ4n) is 3.39. The second-order valence-corrected chi connectivity index (χ2v) is 6.56. The number of anilines is 1. The van der Waals surface area contributed by atoms with Crippen LogP contribution in [0.2, 0.25) is 0 Å². The zero-order valence-corrected chi connectivity index (χ0v) is 15.0. The fraction of sp³-hybridized carbons (Fsp3) is 0.765. The van der Waals surface area contributed by atoms with Gasteiger partial charge in [0.1, 0.15) is 5.76 Å². The van der Waals surface area contributed by atoms with Crippen molar-refractivity contribution in [2.45, 2.75) is 51.6 Å². The first-order chi connectivity index (χ1) is 11.5. The molecule has 2 rings (SSSR count). The number of carbonyl (C=O) groups is 1. The molecule has 7 nitrogen and oxygen atoms in total. The van der Waals surface area contributed by atoms with Crippen molar-refractivity contribution >= 4 is 11.7 Å². The quantitative estimate of drug-likeness (QED) is 0.747. The minimum Gasteiger partial charge on any atom is -0.396 e. The van der Waals surface area contributed by atoms with E-state index in [1.165, 1.54) is 0 Å². The summed E-state index contributed by atoms with van der Waals surface area (Å²) in [6.45, 7) is 6.83. The van der Waals surface area contributed by atoms with E-state index in [0.29, 0.717) is 17.6 Å². The van der Waals surface area contributed by atoms with E-state index in [-0.39, 0.29) is 18.6 Å². The Morgan fingerprint density at radius 3 is 2.79 bits per heavy atom. The molecule has 2 N–H and O–H groups in total. The first kappa shape index (κ1) is 18.9. The van der Waals surface area contributed by atoms with E-state index in [2.05, 4.69) is 27.3 Å². The Labute approximate surface area is 144 Å². The zero-order chi connectivity index (χ0) is 17.5. The van der Waals surface area contributed by atoms with Crippen LogP contribution in [0.5, 0.6) is 0 Å². The number of nitrogens with one attached hydrogen (secondary N) is 1. The molecular formula is C17H30N4O3. The van der Waals surface area contributed by atoms with E-state index >= 15 is 0 Å². The molecule has 0 spiro atoms. The summed E-state index contributed by atoms with van der Waals surface area (Å²) in [7, 11) is 2.12. The Balaban J connectivity index is 1.85. The van der Waals surface area contributed by atoms with Gasteiger partial charge in [0.15, 0.2) is 5.82 Å². The third-order valence-corrected chi connectivity index (χ3v) is 4.80. The van der Waals surface area contributed by atoms with Crippen molar-refractivity contribution < 1.29 is 14.4 Å². The molecule has 1 aromatic heterocycles. The molecule has 0 aliphatic carbocycles. The molecule has 136 valence electrons. The molecule has 1 aliphatic heterocycles. The van der Waals surface area contributed by atoms with Crippen LogP contribution in [0.4, 0.5) is 5.82 Å². The molecule has 1 aromatic rings. The van der Waals surface area contributed by atoms with E-state index in [0.717, 1.165) is 45.3 Å². The van der Waals surface area contributed by atoms with Crippen molar-refractivity contribution in [1.82, 2.24) is 15.0 Å². The topological polar surface area (TPSA) is 81.8 Å². The number of amides is 1. The Morgan fingerprint density at radius 1 is 1.54 bits per heavy atom. The summed E-state index contributed by atoms with van der Waals surface area (Å²) >= 11 is 0. The van der Waals surface area contributed by atoms with E-state index < -0.39 is 0 Å². The molecule has 1 fully saturated rings. The van der Waals surface area contributed by atoms with Crippen LogP contribution >= 0.6 is 0 Å². The highest BCUT2D eigenvalue weighted by Gasteiger charge is 2.30. The van der Waals surface area contributed by atoms with Crippen LogP contribution in [0, 0.1) is 6.92 Å². The van der Waals surface area contributed by atoms with Crippen molar-refractivity contribution in [3.05, 3.63) is 11.8 Å². The number of likely N-dealkylation sites (tertiary alicyclic amines) is 1. The molecule has 0 aromatic carbocycles. The number of rotatable bonds is 8. The fourth-order valence-corrected chi connectivity index (χ4v) is 3.39. The molecule has 1 saturated heterocycles. The lowest BCUT2D eigenvalue weighted by molar-refractivity contribution is -0.122. The van der Waals surface area contributed by atoms with Crippen LogP contribution in [0.25, 0.3) is 0 Å². The van der Waals surface area contributed by atoms with Crippen molar-refractivity contribution in [2.24, 2.45) is 0 Å². The van der Waals surface area contributed by atoms with Gasteiger partial charge in [-0.3, -0.25) is 9.69 Å². The summed E-state index contributed by atoms with van der Waals surface area (Å²) in [6.07, 6.45) is 3.69. The number of aliphatic hydroxyl groups excluding tert-OH is 1. The van der Waals surface area contributed by atoms with Gasteiger partial charge in [-0.15, -0.1) is 0 Å². The minimum atomic E-state index is -0.134. The maximum Gasteiger partial charge on any atom is 0.242 e. The predicted octanol–water partition coefficient (Wildman–Crippen LogP) is 1.48. The molecule has 1 unspecified atom stereocenters. The minimum absolute atomic E-state index is 0.0158. The van der Waals surface area contributed by atoms with Gasteiger partial charge >= 0.3 is 0 Å². The Hall–Kier alpha value is -1.44. The molecule has 24 heavy (non-hydrogen) atoms. The van der Waals surface area contributed by atoms with Crippen molar-refractivity contribution in [2.75, 3.05) is 38.6 Å². The second-order valence-electron chi connectivity index (χ2n) is 6.56. The van der Waals surface area contributed by atoms with E-state index in [4.69, 9.17) is 9.63 Å². The van der Waals surface area contributed by atoms with Crippen LogP contribution in [-0.4, -0.2) is 71.3 Å². The second kappa shape index (κ2) is 9.15. The van der Waals surface area contributed by atoms with Crippen LogP contribution in [0.1, 0.15) is 38.4 Å². The lowest BCUT2D eigenvalue weighted by Crippen LogP contribution is -2.51. The molecule has 1 atom stereocenters. The van der Waals surface area contributed by atoms with E-state index in [1.807, 2.05) is 6.92 Å². The van der Waals surface area contributed by atoms with Gasteiger partial charge in [0.05, 0.1) is 6.04 Å². The average Bonchev–Trinajstić information content (AvgIpc) is 2.98. The molecule has 1 aliphatic rings. The molecule has 2 heterocycles. The molecule has 0 radical (unpaired) electrons. The van der Waals surface area contributed by atoms with Crippen LogP contribution in [0.3, 0.4) is 0 Å². The van der Waals surface area contributed by atoms with Crippen LogP contribution in [-0.2, 0) is 4.79 Å². The highest BCUT2D eigenvalue weighted by Crippen LogP contribution is 2.20. The van der Waals surface area contributed by atoms with E-state index in [9.17, 15) is 4.79 Å². The number of piperidine rings is 1. The summed E-state index contributed by atoms with van der Waals surface area (Å²) in [4.78, 5) is 17.1. The molecule has 0 bridgehead atoms. The highest BCUT2D eigenvalue weighted by atomic mass is 16.5. The van der Waals surface area contributed by atoms with Gasteiger partial charge in [0.2, 0.25) is 5.91 Å². The molecular weight excluding hydrogens is 308 g/mol. The van der Waals surface area contributed by atoms with Gasteiger partial charge < -0.3 is 19.8 Å². The first-order valence-electron chi connectivity index (χ1n) is 8.84. The SMILES string of the molecule is CCC(C(=O)Nc1cc(C)on1)N1CCC(N(C)CCCO)CC1. The average molecular weight is 338 g/mol. The lowest BCUT2D eigenvalue weighted by atomic mass is 10.0. The molecule has 1 amide bonds. The largest absolute Gasteiger partial charge is 0.396 e. The van der Waals surface area contributed by atoms with E-state index in [1.54, 1.807) is 13.0 Å².